The van der Waals surface area contributed by atoms with E-state index in [-0.39, 0.29) is 11.8 Å². The molecule has 0 saturated carbocycles. The molecule has 0 aliphatic heterocycles. The van der Waals surface area contributed by atoms with Crippen LogP contribution in [0.25, 0.3) is 0 Å². The van der Waals surface area contributed by atoms with Crippen LogP contribution in [0.5, 0.6) is 0 Å². The Hall–Kier alpha value is -2.63. The molecule has 1 atom stereocenters. The highest BCUT2D eigenvalue weighted by molar-refractivity contribution is 7.17. The van der Waals surface area contributed by atoms with E-state index in [9.17, 15) is 9.59 Å². The minimum absolute atomic E-state index is 0.211. The number of fused-ring (bicyclic) bond motifs is 1. The minimum Gasteiger partial charge on any atom is -0.321 e. The van der Waals surface area contributed by atoms with Crippen LogP contribution in [0.15, 0.2) is 48.5 Å². The van der Waals surface area contributed by atoms with E-state index in [0.717, 1.165) is 30.4 Å². The van der Waals surface area contributed by atoms with Gasteiger partial charge in [-0.25, -0.2) is 0 Å². The lowest BCUT2D eigenvalue weighted by atomic mass is 9.88. The Morgan fingerprint density at radius 1 is 1.07 bits per heavy atom. The maximum Gasteiger partial charge on any atom is 0.258 e. The monoisotopic (exact) mass is 438 g/mol. The molecule has 2 aromatic carbocycles. The summed E-state index contributed by atoms with van der Waals surface area (Å²) in [6.07, 6.45) is 2.78. The fourth-order valence-corrected chi connectivity index (χ4v) is 5.37. The number of amides is 2. The number of anilines is 2. The maximum atomic E-state index is 13.3. The Balaban J connectivity index is 1.68. The SMILES string of the molecule is Cc1cccc(C(=O)Nc2sc3c(c2C(=O)Nc2ccccc2Cl)CCC(C)C3)c1. The van der Waals surface area contributed by atoms with Gasteiger partial charge in [-0.1, -0.05) is 48.4 Å². The third-order valence-corrected chi connectivity index (χ3v) is 6.87. The third-order valence-electron chi connectivity index (χ3n) is 5.37. The van der Waals surface area contributed by atoms with Crippen LogP contribution in [-0.2, 0) is 12.8 Å². The van der Waals surface area contributed by atoms with Crippen molar-refractivity contribution in [2.75, 3.05) is 10.6 Å². The van der Waals surface area contributed by atoms with Crippen molar-refractivity contribution in [3.8, 4) is 0 Å². The number of para-hydroxylation sites is 1. The van der Waals surface area contributed by atoms with Crippen molar-refractivity contribution >= 4 is 45.4 Å². The van der Waals surface area contributed by atoms with Crippen LogP contribution in [0.3, 0.4) is 0 Å². The zero-order valence-corrected chi connectivity index (χ0v) is 18.5. The second-order valence-electron chi connectivity index (χ2n) is 7.81. The molecule has 0 fully saturated rings. The Labute approximate surface area is 185 Å². The van der Waals surface area contributed by atoms with E-state index in [0.29, 0.717) is 32.8 Å². The van der Waals surface area contributed by atoms with E-state index in [2.05, 4.69) is 17.6 Å². The zero-order chi connectivity index (χ0) is 21.3. The van der Waals surface area contributed by atoms with Crippen molar-refractivity contribution in [1.82, 2.24) is 0 Å². The third kappa shape index (κ3) is 4.27. The first-order chi connectivity index (χ1) is 14.4. The van der Waals surface area contributed by atoms with Gasteiger partial charge >= 0.3 is 0 Å². The summed E-state index contributed by atoms with van der Waals surface area (Å²) in [7, 11) is 0. The molecule has 1 unspecified atom stereocenters. The van der Waals surface area contributed by atoms with Crippen LogP contribution in [0, 0.1) is 12.8 Å². The molecule has 0 radical (unpaired) electrons. The van der Waals surface area contributed by atoms with Crippen LogP contribution in [0.1, 0.15) is 50.1 Å². The maximum absolute atomic E-state index is 13.3. The number of hydrogen-bond donors (Lipinski definition) is 2. The van der Waals surface area contributed by atoms with Crippen LogP contribution in [-0.4, -0.2) is 11.8 Å². The Bertz CT molecular complexity index is 1120. The molecule has 154 valence electrons. The molecule has 4 rings (SSSR count). The molecule has 1 aliphatic rings. The molecule has 2 N–H and O–H groups in total. The van der Waals surface area contributed by atoms with Gasteiger partial charge in [0.15, 0.2) is 0 Å². The predicted octanol–water partition coefficient (Wildman–Crippen LogP) is 6.34. The van der Waals surface area contributed by atoms with E-state index < -0.39 is 0 Å². The van der Waals surface area contributed by atoms with Gasteiger partial charge in [0.1, 0.15) is 5.00 Å². The minimum atomic E-state index is -0.241. The molecular formula is C24H23ClN2O2S. The van der Waals surface area contributed by atoms with Crippen LogP contribution >= 0.6 is 22.9 Å². The lowest BCUT2D eigenvalue weighted by Crippen LogP contribution is -2.19. The molecule has 30 heavy (non-hydrogen) atoms. The van der Waals surface area contributed by atoms with Gasteiger partial charge in [-0.2, -0.15) is 0 Å². The second kappa shape index (κ2) is 8.62. The molecular weight excluding hydrogens is 416 g/mol. The number of nitrogens with one attached hydrogen (secondary N) is 2. The van der Waals surface area contributed by atoms with Gasteiger partial charge in [0.05, 0.1) is 16.3 Å². The predicted molar refractivity (Wildman–Crippen MR) is 124 cm³/mol. The number of carbonyl (C=O) groups excluding carboxylic acids is 2. The summed E-state index contributed by atoms with van der Waals surface area (Å²) in [6, 6.07) is 14.6. The quantitative estimate of drug-likeness (QED) is 0.499. The fraction of sp³-hybridized carbons (Fsp3) is 0.250. The van der Waals surface area contributed by atoms with Gasteiger partial charge < -0.3 is 10.6 Å². The molecule has 0 spiro atoms. The van der Waals surface area contributed by atoms with Crippen molar-refractivity contribution in [1.29, 1.82) is 0 Å². The molecule has 2 amide bonds. The van der Waals surface area contributed by atoms with E-state index >= 15 is 0 Å². The van der Waals surface area contributed by atoms with Crippen molar-refractivity contribution < 1.29 is 9.59 Å². The molecule has 3 aromatic rings. The normalized spacial score (nSPS) is 15.4. The molecule has 0 bridgehead atoms. The average Bonchev–Trinajstić information content (AvgIpc) is 3.06. The lowest BCUT2D eigenvalue weighted by Gasteiger charge is -2.18. The Kier molecular flexibility index (Phi) is 5.93. The summed E-state index contributed by atoms with van der Waals surface area (Å²) in [5.41, 5.74) is 3.75. The number of aryl methyl sites for hydroxylation is 1. The highest BCUT2D eigenvalue weighted by Crippen LogP contribution is 2.40. The van der Waals surface area contributed by atoms with Gasteiger partial charge in [-0.3, -0.25) is 9.59 Å². The smallest absolute Gasteiger partial charge is 0.258 e. The van der Waals surface area contributed by atoms with Crippen molar-refractivity contribution in [2.45, 2.75) is 33.1 Å². The van der Waals surface area contributed by atoms with E-state index in [4.69, 9.17) is 11.6 Å². The molecule has 6 heteroatoms. The summed E-state index contributed by atoms with van der Waals surface area (Å²) in [5.74, 6) is 0.114. The first-order valence-corrected chi connectivity index (χ1v) is 11.2. The summed E-state index contributed by atoms with van der Waals surface area (Å²) in [5, 5.41) is 7.00. The number of carbonyl (C=O) groups is 2. The van der Waals surface area contributed by atoms with E-state index in [1.165, 1.54) is 16.2 Å². The van der Waals surface area contributed by atoms with Gasteiger partial charge in [-0.15, -0.1) is 11.3 Å². The van der Waals surface area contributed by atoms with Crippen LogP contribution < -0.4 is 10.6 Å². The number of hydrogen-bond acceptors (Lipinski definition) is 3. The lowest BCUT2D eigenvalue weighted by molar-refractivity contribution is 0.102. The Morgan fingerprint density at radius 3 is 2.63 bits per heavy atom. The first-order valence-electron chi connectivity index (χ1n) is 10.0. The Morgan fingerprint density at radius 2 is 1.87 bits per heavy atom. The standard InChI is InChI=1S/C24H23ClN2O2S/c1-14-6-5-7-16(12-14)22(28)27-24-21(17-11-10-15(2)13-20(17)30-24)23(29)26-19-9-4-3-8-18(19)25/h3-9,12,15H,10-11,13H2,1-2H3,(H,26,29)(H,27,28). The molecule has 1 heterocycles. The zero-order valence-electron chi connectivity index (χ0n) is 16.9. The molecule has 1 aromatic heterocycles. The summed E-state index contributed by atoms with van der Waals surface area (Å²) >= 11 is 7.74. The first kappa shape index (κ1) is 20.6. The van der Waals surface area contributed by atoms with Gasteiger partial charge in [0.25, 0.3) is 11.8 Å². The second-order valence-corrected chi connectivity index (χ2v) is 9.33. The number of thiophene rings is 1. The van der Waals surface area contributed by atoms with Gasteiger partial charge in [-0.05, 0) is 61.9 Å². The van der Waals surface area contributed by atoms with Gasteiger partial charge in [0.2, 0.25) is 0 Å². The van der Waals surface area contributed by atoms with Crippen molar-refractivity contribution in [2.24, 2.45) is 5.92 Å². The van der Waals surface area contributed by atoms with Crippen molar-refractivity contribution in [3.05, 3.63) is 80.7 Å². The largest absolute Gasteiger partial charge is 0.321 e. The van der Waals surface area contributed by atoms with E-state index in [1.54, 1.807) is 18.2 Å². The average molecular weight is 439 g/mol. The van der Waals surface area contributed by atoms with E-state index in [1.807, 2.05) is 37.3 Å². The van der Waals surface area contributed by atoms with Gasteiger partial charge in [0, 0.05) is 10.4 Å². The highest BCUT2D eigenvalue weighted by Gasteiger charge is 2.28. The van der Waals surface area contributed by atoms with Crippen LogP contribution in [0.4, 0.5) is 10.7 Å². The topological polar surface area (TPSA) is 58.2 Å². The summed E-state index contributed by atoms with van der Waals surface area (Å²) < 4.78 is 0. The molecule has 4 nitrogen and oxygen atoms in total. The fourth-order valence-electron chi connectivity index (χ4n) is 3.79. The number of rotatable bonds is 4. The highest BCUT2D eigenvalue weighted by atomic mass is 35.5. The number of halogens is 1. The summed E-state index contributed by atoms with van der Waals surface area (Å²) in [6.45, 7) is 4.17. The molecule has 0 saturated heterocycles. The van der Waals surface area contributed by atoms with Crippen molar-refractivity contribution in [3.63, 3.8) is 0 Å². The summed E-state index contributed by atoms with van der Waals surface area (Å²) in [4.78, 5) is 27.3. The van der Waals surface area contributed by atoms with Crippen LogP contribution in [0.2, 0.25) is 5.02 Å². The number of benzene rings is 2. The molecule has 1 aliphatic carbocycles.